The number of unbranched alkanes of at least 4 members (excludes halogenated alkanes) is 2. The summed E-state index contributed by atoms with van der Waals surface area (Å²) in [5.41, 5.74) is 5.25. The van der Waals surface area contributed by atoms with Crippen LogP contribution in [0.5, 0.6) is 0 Å². The normalized spacial score (nSPS) is 18.8. The highest BCUT2D eigenvalue weighted by atomic mass is 16.2. The number of likely N-dealkylation sites (tertiary alicyclic amines) is 1. The minimum absolute atomic E-state index is 0.0834. The first kappa shape index (κ1) is 22.6. The van der Waals surface area contributed by atoms with Gasteiger partial charge >= 0.3 is 0 Å². The van der Waals surface area contributed by atoms with Crippen LogP contribution in [0.3, 0.4) is 0 Å². The molecule has 8 heteroatoms. The number of rotatable bonds is 12. The van der Waals surface area contributed by atoms with Gasteiger partial charge in [-0.2, -0.15) is 0 Å². The van der Waals surface area contributed by atoms with Crippen LogP contribution in [0.25, 0.3) is 0 Å². The van der Waals surface area contributed by atoms with Crippen LogP contribution in [-0.2, 0) is 14.4 Å². The number of nitrogens with two attached hydrogens (primary N) is 1. The molecule has 0 aromatic carbocycles. The number of amides is 3. The van der Waals surface area contributed by atoms with Crippen molar-refractivity contribution in [2.24, 2.45) is 5.73 Å². The zero-order valence-corrected chi connectivity index (χ0v) is 17.0. The second-order valence-electron chi connectivity index (χ2n) is 7.95. The Hall–Kier alpha value is -1.67. The molecule has 1 atom stereocenters. The minimum Gasteiger partial charge on any atom is -0.370 e. The fourth-order valence-electron chi connectivity index (χ4n) is 3.89. The van der Waals surface area contributed by atoms with Crippen molar-refractivity contribution in [3.05, 3.63) is 0 Å². The van der Waals surface area contributed by atoms with E-state index in [-0.39, 0.29) is 30.2 Å². The van der Waals surface area contributed by atoms with Gasteiger partial charge in [-0.1, -0.05) is 6.42 Å². The molecule has 0 aromatic rings. The molecule has 0 aliphatic carbocycles. The SMILES string of the molecule is NC(=O)CC[C@H](NCCCCCC(=O)NC1CCNCC1)C(=O)N1CCCC1. The summed E-state index contributed by atoms with van der Waals surface area (Å²) in [7, 11) is 0. The summed E-state index contributed by atoms with van der Waals surface area (Å²) in [6, 6.07) is -0.0214. The van der Waals surface area contributed by atoms with Gasteiger partial charge in [0.25, 0.3) is 0 Å². The Bertz CT molecular complexity index is 502. The summed E-state index contributed by atoms with van der Waals surface area (Å²) < 4.78 is 0. The summed E-state index contributed by atoms with van der Waals surface area (Å²) in [5.74, 6) is -0.149. The first-order valence-electron chi connectivity index (χ1n) is 10.9. The molecule has 2 rings (SSSR count). The average Bonchev–Trinajstić information content (AvgIpc) is 3.21. The zero-order valence-electron chi connectivity index (χ0n) is 17.0. The molecule has 2 saturated heterocycles. The van der Waals surface area contributed by atoms with E-state index in [0.29, 0.717) is 25.4 Å². The smallest absolute Gasteiger partial charge is 0.239 e. The maximum absolute atomic E-state index is 12.6. The van der Waals surface area contributed by atoms with Gasteiger partial charge in [0.1, 0.15) is 0 Å². The van der Waals surface area contributed by atoms with Crippen molar-refractivity contribution in [3.63, 3.8) is 0 Å². The van der Waals surface area contributed by atoms with Gasteiger partial charge in [-0.3, -0.25) is 14.4 Å². The highest BCUT2D eigenvalue weighted by Gasteiger charge is 2.26. The lowest BCUT2D eigenvalue weighted by Gasteiger charge is -2.24. The largest absolute Gasteiger partial charge is 0.370 e. The lowest BCUT2D eigenvalue weighted by Crippen LogP contribution is -2.46. The van der Waals surface area contributed by atoms with Gasteiger partial charge in [0.05, 0.1) is 6.04 Å². The van der Waals surface area contributed by atoms with Crippen molar-refractivity contribution in [1.82, 2.24) is 20.9 Å². The van der Waals surface area contributed by atoms with E-state index in [1.807, 2.05) is 4.90 Å². The molecule has 3 amide bonds. The van der Waals surface area contributed by atoms with Crippen molar-refractivity contribution >= 4 is 17.7 Å². The van der Waals surface area contributed by atoms with Gasteiger partial charge in [0.2, 0.25) is 17.7 Å². The van der Waals surface area contributed by atoms with Crippen molar-refractivity contribution < 1.29 is 14.4 Å². The zero-order chi connectivity index (χ0) is 20.2. The Morgan fingerprint density at radius 1 is 1.04 bits per heavy atom. The Labute approximate surface area is 168 Å². The molecular weight excluding hydrogens is 358 g/mol. The summed E-state index contributed by atoms with van der Waals surface area (Å²) >= 11 is 0. The van der Waals surface area contributed by atoms with Crippen LogP contribution in [0, 0.1) is 0 Å². The highest BCUT2D eigenvalue weighted by Crippen LogP contribution is 2.12. The quantitative estimate of drug-likeness (QED) is 0.354. The molecule has 0 saturated carbocycles. The Morgan fingerprint density at radius 2 is 1.75 bits per heavy atom. The van der Waals surface area contributed by atoms with Crippen molar-refractivity contribution in [2.45, 2.75) is 76.3 Å². The summed E-state index contributed by atoms with van der Waals surface area (Å²) in [4.78, 5) is 37.6. The standard InChI is InChI=1S/C20H37N5O3/c21-18(26)8-7-17(20(28)25-14-4-5-15-25)23-11-3-1-2-6-19(27)24-16-9-12-22-13-10-16/h16-17,22-23H,1-15H2,(H2,21,26)(H,24,27)/t17-/m0/s1. The number of primary amides is 1. The van der Waals surface area contributed by atoms with Gasteiger partial charge in [-0.15, -0.1) is 0 Å². The van der Waals surface area contributed by atoms with Crippen LogP contribution in [0.4, 0.5) is 0 Å². The third-order valence-electron chi connectivity index (χ3n) is 5.57. The van der Waals surface area contributed by atoms with E-state index in [2.05, 4.69) is 16.0 Å². The maximum Gasteiger partial charge on any atom is 0.239 e. The number of hydrogen-bond donors (Lipinski definition) is 4. The Balaban J connectivity index is 1.59. The van der Waals surface area contributed by atoms with Crippen molar-refractivity contribution in [2.75, 3.05) is 32.7 Å². The summed E-state index contributed by atoms with van der Waals surface area (Å²) in [5, 5.41) is 9.71. The average molecular weight is 396 g/mol. The molecule has 0 radical (unpaired) electrons. The van der Waals surface area contributed by atoms with Gasteiger partial charge in [-0.25, -0.2) is 0 Å². The van der Waals surface area contributed by atoms with E-state index in [1.165, 1.54) is 0 Å². The molecule has 0 aromatic heterocycles. The van der Waals surface area contributed by atoms with E-state index in [1.54, 1.807) is 0 Å². The van der Waals surface area contributed by atoms with Gasteiger partial charge in [0, 0.05) is 32.0 Å². The van der Waals surface area contributed by atoms with E-state index in [0.717, 1.165) is 71.1 Å². The molecule has 2 heterocycles. The van der Waals surface area contributed by atoms with Crippen LogP contribution < -0.4 is 21.7 Å². The molecule has 0 unspecified atom stereocenters. The topological polar surface area (TPSA) is 117 Å². The molecule has 28 heavy (non-hydrogen) atoms. The monoisotopic (exact) mass is 395 g/mol. The molecule has 8 nitrogen and oxygen atoms in total. The van der Waals surface area contributed by atoms with E-state index in [4.69, 9.17) is 5.73 Å². The highest BCUT2D eigenvalue weighted by molar-refractivity contribution is 5.83. The van der Waals surface area contributed by atoms with Crippen LogP contribution >= 0.6 is 0 Å². The molecular formula is C20H37N5O3. The van der Waals surface area contributed by atoms with Gasteiger partial charge in [-0.05, 0) is 64.6 Å². The van der Waals surface area contributed by atoms with Crippen molar-refractivity contribution in [3.8, 4) is 0 Å². The number of nitrogens with one attached hydrogen (secondary N) is 3. The van der Waals surface area contributed by atoms with E-state index >= 15 is 0 Å². The number of nitrogens with zero attached hydrogens (tertiary/aromatic N) is 1. The molecule has 2 aliphatic rings. The molecule has 5 N–H and O–H groups in total. The number of hydrogen-bond acceptors (Lipinski definition) is 5. The lowest BCUT2D eigenvalue weighted by molar-refractivity contribution is -0.132. The first-order valence-corrected chi connectivity index (χ1v) is 10.9. The van der Waals surface area contributed by atoms with Gasteiger partial charge in [0.15, 0.2) is 0 Å². The lowest BCUT2D eigenvalue weighted by atomic mass is 10.1. The molecule has 0 bridgehead atoms. The Kier molecular flexibility index (Phi) is 10.3. The first-order chi connectivity index (χ1) is 13.6. The summed E-state index contributed by atoms with van der Waals surface area (Å²) in [6.45, 7) is 4.27. The third kappa shape index (κ3) is 8.56. The second kappa shape index (κ2) is 12.7. The van der Waals surface area contributed by atoms with Crippen LogP contribution in [-0.4, -0.2) is 67.4 Å². The Morgan fingerprint density at radius 3 is 2.43 bits per heavy atom. The predicted octanol–water partition coefficient (Wildman–Crippen LogP) is 0.261. The number of piperidine rings is 1. The summed E-state index contributed by atoms with van der Waals surface area (Å²) in [6.07, 6.45) is 8.03. The fraction of sp³-hybridized carbons (Fsp3) is 0.850. The van der Waals surface area contributed by atoms with E-state index < -0.39 is 0 Å². The molecule has 2 fully saturated rings. The molecule has 160 valence electrons. The van der Waals surface area contributed by atoms with Crippen LogP contribution in [0.1, 0.15) is 64.2 Å². The fourth-order valence-corrected chi connectivity index (χ4v) is 3.89. The second-order valence-corrected chi connectivity index (χ2v) is 7.95. The predicted molar refractivity (Wildman–Crippen MR) is 109 cm³/mol. The minimum atomic E-state index is -0.374. The van der Waals surface area contributed by atoms with E-state index in [9.17, 15) is 14.4 Å². The van der Waals surface area contributed by atoms with Crippen molar-refractivity contribution in [1.29, 1.82) is 0 Å². The van der Waals surface area contributed by atoms with Gasteiger partial charge < -0.3 is 26.6 Å². The third-order valence-corrected chi connectivity index (χ3v) is 5.57. The number of carbonyl (C=O) groups excluding carboxylic acids is 3. The molecule has 2 aliphatic heterocycles. The molecule has 0 spiro atoms. The van der Waals surface area contributed by atoms with Crippen LogP contribution in [0.2, 0.25) is 0 Å². The maximum atomic E-state index is 12.6. The number of carbonyl (C=O) groups is 3. The van der Waals surface area contributed by atoms with Crippen LogP contribution in [0.15, 0.2) is 0 Å².